The summed E-state index contributed by atoms with van der Waals surface area (Å²) >= 11 is 6.93. The molecule has 0 spiro atoms. The number of unbranched alkanes of at least 4 members (excludes halogenated alkanes) is 2. The van der Waals surface area contributed by atoms with Gasteiger partial charge in [-0.1, -0.05) is 51.9 Å². The van der Waals surface area contributed by atoms with Gasteiger partial charge in [0.2, 0.25) is 0 Å². The summed E-state index contributed by atoms with van der Waals surface area (Å²) in [5, 5.41) is -0.725. The minimum Gasteiger partial charge on any atom is -0.361 e. The van der Waals surface area contributed by atoms with Crippen molar-refractivity contribution in [2.45, 2.75) is 39.5 Å². The van der Waals surface area contributed by atoms with Crippen LogP contribution >= 0.6 is 25.3 Å². The van der Waals surface area contributed by atoms with E-state index in [0.717, 1.165) is 38.8 Å². The molecule has 104 valence electrons. The maximum atomic E-state index is 10.9. The number of amides is 2. The number of hydrogen-bond acceptors (Lipinski definition) is 3. The van der Waals surface area contributed by atoms with Crippen LogP contribution in [0, 0.1) is 0 Å². The minimum atomic E-state index is -0.639. The summed E-state index contributed by atoms with van der Waals surface area (Å²) in [6, 6.07) is 0. The summed E-state index contributed by atoms with van der Waals surface area (Å²) in [4.78, 5) is 21.8. The Morgan fingerprint density at radius 3 is 1.53 bits per heavy atom. The van der Waals surface area contributed by atoms with E-state index in [2.05, 4.69) is 44.8 Å². The third kappa shape index (κ3) is 21.4. The van der Waals surface area contributed by atoms with Gasteiger partial charge in [-0.25, -0.2) is 0 Å². The summed E-state index contributed by atoms with van der Waals surface area (Å²) < 4.78 is 0. The summed E-state index contributed by atoms with van der Waals surface area (Å²) in [5.74, 6) is 0. The molecule has 2 amide bonds. The second-order valence-corrected chi connectivity index (χ2v) is 4.14. The molecule has 17 heavy (non-hydrogen) atoms. The fraction of sp³-hybridized carbons (Fsp3) is 0.800. The lowest BCUT2D eigenvalue weighted by Crippen LogP contribution is -2.28. The summed E-state index contributed by atoms with van der Waals surface area (Å²) in [7, 11) is 0. The van der Waals surface area contributed by atoms with Crippen molar-refractivity contribution in [3.63, 3.8) is 0 Å². The Labute approximate surface area is 115 Å². The minimum absolute atomic E-state index is 0. The van der Waals surface area contributed by atoms with Crippen molar-refractivity contribution in [3.05, 3.63) is 0 Å². The summed E-state index contributed by atoms with van der Waals surface area (Å²) in [5.41, 5.74) is 4.34. The average Bonchev–Trinajstić information content (AvgIpc) is 2.16. The van der Waals surface area contributed by atoms with Crippen molar-refractivity contribution in [1.29, 1.82) is 0 Å². The second-order valence-electron chi connectivity index (χ2n) is 3.31. The Balaban J connectivity index is -0.000000340. The maximum Gasteiger partial charge on any atom is 0.278 e. The van der Waals surface area contributed by atoms with Gasteiger partial charge in [0.15, 0.2) is 0 Å². The number of hydrogen-bond donors (Lipinski definition) is 4. The zero-order chi connectivity index (χ0) is 13.0. The van der Waals surface area contributed by atoms with Crippen molar-refractivity contribution < 1.29 is 9.59 Å². The number of thiol groups is 2. The molecule has 0 saturated carbocycles. The predicted molar refractivity (Wildman–Crippen MR) is 79.4 cm³/mol. The molecule has 0 saturated heterocycles. The van der Waals surface area contributed by atoms with Gasteiger partial charge in [0.05, 0.1) is 0 Å². The topological polar surface area (TPSA) is 98.4 Å². The highest BCUT2D eigenvalue weighted by molar-refractivity contribution is 7.96. The molecule has 0 unspecified atom stereocenters. The molecule has 5 nitrogen and oxygen atoms in total. The molecule has 0 aromatic carbocycles. The Kier molecular flexibility index (Phi) is 20.0. The van der Waals surface area contributed by atoms with Crippen LogP contribution in [-0.4, -0.2) is 28.5 Å². The molecular weight excluding hydrogens is 258 g/mol. The molecule has 0 aliphatic carbocycles. The lowest BCUT2D eigenvalue weighted by Gasteiger charge is -2.19. The van der Waals surface area contributed by atoms with Gasteiger partial charge >= 0.3 is 0 Å². The molecule has 0 rings (SSSR count). The van der Waals surface area contributed by atoms with Crippen molar-refractivity contribution in [1.82, 2.24) is 11.1 Å². The van der Waals surface area contributed by atoms with Crippen LogP contribution in [-0.2, 0) is 0 Å². The number of nitrogens with zero attached hydrogens (tertiary/aromatic N) is 1. The van der Waals surface area contributed by atoms with Gasteiger partial charge in [0, 0.05) is 13.1 Å². The molecule has 0 aliphatic rings. The van der Waals surface area contributed by atoms with Gasteiger partial charge in [-0.05, 0) is 12.8 Å². The van der Waals surface area contributed by atoms with Crippen LogP contribution in [0.4, 0.5) is 9.59 Å². The number of rotatable bonds is 6. The molecule has 0 aromatic heterocycles. The van der Waals surface area contributed by atoms with E-state index in [1.807, 2.05) is 4.90 Å². The van der Waals surface area contributed by atoms with Gasteiger partial charge < -0.3 is 16.8 Å². The van der Waals surface area contributed by atoms with Crippen LogP contribution in [0.15, 0.2) is 0 Å². The molecule has 7 heteroatoms. The van der Waals surface area contributed by atoms with Gasteiger partial charge in [-0.2, -0.15) is 0 Å². The van der Waals surface area contributed by atoms with Crippen molar-refractivity contribution in [3.8, 4) is 0 Å². The lowest BCUT2D eigenvalue weighted by atomic mass is 10.3. The van der Waals surface area contributed by atoms with Gasteiger partial charge in [-0.3, -0.25) is 9.59 Å². The molecule has 0 heterocycles. The van der Waals surface area contributed by atoms with Crippen LogP contribution in [0.3, 0.4) is 0 Å². The largest absolute Gasteiger partial charge is 0.361 e. The molecule has 0 radical (unpaired) electrons. The van der Waals surface area contributed by atoms with Crippen molar-refractivity contribution in [2.75, 3.05) is 13.1 Å². The SMILES string of the molecule is CCCCN(CCCC)C(=O)S.N.NC(=O)S. The van der Waals surface area contributed by atoms with Crippen LogP contribution in [0.25, 0.3) is 0 Å². The zero-order valence-corrected chi connectivity index (χ0v) is 12.5. The molecule has 0 aromatic rings. The molecule has 0 bridgehead atoms. The Morgan fingerprint density at radius 1 is 1.06 bits per heavy atom. The van der Waals surface area contributed by atoms with E-state index in [1.54, 1.807) is 0 Å². The van der Waals surface area contributed by atoms with Crippen LogP contribution in [0.1, 0.15) is 39.5 Å². The lowest BCUT2D eigenvalue weighted by molar-refractivity contribution is 0.221. The van der Waals surface area contributed by atoms with E-state index in [1.165, 1.54) is 0 Å². The smallest absolute Gasteiger partial charge is 0.278 e. The third-order valence-electron chi connectivity index (χ3n) is 1.83. The van der Waals surface area contributed by atoms with E-state index >= 15 is 0 Å². The average molecular weight is 283 g/mol. The Morgan fingerprint density at radius 2 is 1.35 bits per heavy atom. The van der Waals surface area contributed by atoms with E-state index < -0.39 is 5.24 Å². The Bertz CT molecular complexity index is 192. The van der Waals surface area contributed by atoms with E-state index in [9.17, 15) is 4.79 Å². The number of primary amides is 1. The summed E-state index contributed by atoms with van der Waals surface area (Å²) in [6.07, 6.45) is 4.42. The Hall–Kier alpha value is -0.400. The normalized spacial score (nSPS) is 8.47. The van der Waals surface area contributed by atoms with Crippen LogP contribution < -0.4 is 11.9 Å². The first-order chi connectivity index (χ1) is 7.45. The number of carbonyl (C=O) groups excluding carboxylic acids is 2. The van der Waals surface area contributed by atoms with Gasteiger partial charge in [0.25, 0.3) is 10.5 Å². The van der Waals surface area contributed by atoms with Crippen LogP contribution in [0.2, 0.25) is 0 Å². The molecule has 0 fully saturated rings. The monoisotopic (exact) mass is 283 g/mol. The number of carbonyl (C=O) groups is 2. The van der Waals surface area contributed by atoms with E-state index in [-0.39, 0.29) is 11.4 Å². The van der Waals surface area contributed by atoms with Gasteiger partial charge in [0.1, 0.15) is 0 Å². The third-order valence-corrected chi connectivity index (χ3v) is 2.12. The first-order valence-corrected chi connectivity index (χ1v) is 6.31. The van der Waals surface area contributed by atoms with E-state index in [0.29, 0.717) is 0 Å². The van der Waals surface area contributed by atoms with Crippen LogP contribution in [0.5, 0.6) is 0 Å². The highest BCUT2D eigenvalue weighted by Gasteiger charge is 2.06. The molecule has 0 atom stereocenters. The highest BCUT2D eigenvalue weighted by Crippen LogP contribution is 2.02. The van der Waals surface area contributed by atoms with Crippen molar-refractivity contribution >= 4 is 35.7 Å². The second kappa shape index (κ2) is 15.6. The molecular formula is C10H25N3O2S2. The predicted octanol–water partition coefficient (Wildman–Crippen LogP) is 3.10. The van der Waals surface area contributed by atoms with Gasteiger partial charge in [-0.15, -0.1) is 0 Å². The number of nitrogens with two attached hydrogens (primary N) is 1. The first-order valence-electron chi connectivity index (χ1n) is 5.41. The van der Waals surface area contributed by atoms with E-state index in [4.69, 9.17) is 4.79 Å². The summed E-state index contributed by atoms with van der Waals surface area (Å²) in [6.45, 7) is 5.97. The first kappa shape index (κ1) is 21.8. The highest BCUT2D eigenvalue weighted by atomic mass is 32.1. The fourth-order valence-corrected chi connectivity index (χ4v) is 1.20. The quantitative estimate of drug-likeness (QED) is 0.564. The molecule has 5 N–H and O–H groups in total. The van der Waals surface area contributed by atoms with Crippen molar-refractivity contribution in [2.24, 2.45) is 5.73 Å². The fourth-order valence-electron chi connectivity index (χ4n) is 1.00. The standard InChI is InChI=1S/C9H19NOS.CH3NOS.H3N/c1-3-5-7-10(9(11)12)8-6-4-2;2-1(3)4;/h3-8H2,1-2H3,(H,11,12);(H3,2,3,4);1H3. The zero-order valence-electron chi connectivity index (χ0n) is 10.7. The molecule has 0 aliphatic heterocycles. The maximum absolute atomic E-state index is 10.9.